The van der Waals surface area contributed by atoms with E-state index in [2.05, 4.69) is 10.6 Å². The highest BCUT2D eigenvalue weighted by Crippen LogP contribution is 2.41. The normalized spacial score (nSPS) is 12.3. The van der Waals surface area contributed by atoms with Crippen molar-refractivity contribution < 1.29 is 33.3 Å². The van der Waals surface area contributed by atoms with Crippen molar-refractivity contribution in [2.24, 2.45) is 0 Å². The molecule has 0 heterocycles. The fourth-order valence-electron chi connectivity index (χ4n) is 4.74. The lowest BCUT2D eigenvalue weighted by Crippen LogP contribution is -2.53. The van der Waals surface area contributed by atoms with Gasteiger partial charge in [0.2, 0.25) is 5.91 Å². The topological polar surface area (TPSA) is 112 Å². The number of benzene rings is 4. The molecule has 9 heteroatoms. The van der Waals surface area contributed by atoms with Crippen molar-refractivity contribution >= 4 is 18.0 Å². The molecule has 0 fully saturated rings. The summed E-state index contributed by atoms with van der Waals surface area (Å²) >= 11 is 0. The molecule has 0 saturated heterocycles. The minimum Gasteiger partial charge on any atom is -0.497 e. The highest BCUT2D eigenvalue weighted by atomic mass is 16.5. The van der Waals surface area contributed by atoms with E-state index in [1.54, 1.807) is 7.11 Å². The van der Waals surface area contributed by atoms with Gasteiger partial charge >= 0.3 is 12.1 Å². The van der Waals surface area contributed by atoms with Crippen molar-refractivity contribution in [2.45, 2.75) is 31.2 Å². The van der Waals surface area contributed by atoms with Crippen molar-refractivity contribution in [3.63, 3.8) is 0 Å². The Morgan fingerprint density at radius 2 is 1.23 bits per heavy atom. The summed E-state index contributed by atoms with van der Waals surface area (Å²) < 4.78 is 22.3. The van der Waals surface area contributed by atoms with Gasteiger partial charge in [-0.1, -0.05) is 103 Å². The Hall–Kier alpha value is -5.15. The van der Waals surface area contributed by atoms with Crippen LogP contribution in [0.5, 0.6) is 5.75 Å². The van der Waals surface area contributed by atoms with Crippen LogP contribution in [0.15, 0.2) is 115 Å². The molecule has 2 N–H and O–H groups in total. The number of carbonyl (C=O) groups excluding carboxylic acids is 3. The number of esters is 1. The van der Waals surface area contributed by atoms with Crippen molar-refractivity contribution in [3.8, 4) is 5.75 Å². The van der Waals surface area contributed by atoms with Crippen molar-refractivity contribution in [2.75, 3.05) is 20.8 Å². The molecular weight excluding hydrogens is 560 g/mol. The van der Waals surface area contributed by atoms with E-state index in [0.29, 0.717) is 5.75 Å². The zero-order valence-corrected chi connectivity index (χ0v) is 24.9. The first kappa shape index (κ1) is 31.8. The van der Waals surface area contributed by atoms with Gasteiger partial charge in [0, 0.05) is 0 Å². The largest absolute Gasteiger partial charge is 0.497 e. The minimum absolute atomic E-state index is 0.0477. The lowest BCUT2D eigenvalue weighted by atomic mass is 9.80. The smallest absolute Gasteiger partial charge is 0.408 e. The second-order valence-corrected chi connectivity index (χ2v) is 9.96. The van der Waals surface area contributed by atoms with Crippen LogP contribution in [0.3, 0.4) is 0 Å². The van der Waals surface area contributed by atoms with E-state index in [9.17, 15) is 14.4 Å². The van der Waals surface area contributed by atoms with Crippen molar-refractivity contribution in [1.29, 1.82) is 0 Å². The molecule has 2 amide bonds. The fourth-order valence-corrected chi connectivity index (χ4v) is 4.74. The summed E-state index contributed by atoms with van der Waals surface area (Å²) in [6, 6.07) is 33.6. The van der Waals surface area contributed by atoms with Gasteiger partial charge in [-0.05, 0) is 41.3 Å². The summed E-state index contributed by atoms with van der Waals surface area (Å²) in [6.45, 7) is 1.29. The molecule has 0 bridgehead atoms. The standard InChI is InChI=1S/C35H36N2O7/c1-25(36-34(40)43-23-26-13-7-4-8-14-26)32(38)37-31(33(39)42-3)24-44-35(27-15-9-5-10-16-27,28-17-11-6-12-18-28)29-19-21-30(41-2)22-20-29/h4-22,25,31H,23-24H2,1-3H3,(H,36,40)(H,37,38)/t25-,31-/m1/s1. The molecule has 0 aliphatic heterocycles. The summed E-state index contributed by atoms with van der Waals surface area (Å²) in [5.41, 5.74) is 2.03. The van der Waals surface area contributed by atoms with Crippen LogP contribution in [-0.2, 0) is 36.0 Å². The van der Waals surface area contributed by atoms with E-state index >= 15 is 0 Å². The number of amides is 2. The summed E-state index contributed by atoms with van der Waals surface area (Å²) in [7, 11) is 2.82. The van der Waals surface area contributed by atoms with Crippen LogP contribution in [0.25, 0.3) is 0 Å². The Bertz CT molecular complexity index is 1460. The quantitative estimate of drug-likeness (QED) is 0.165. The molecule has 0 aromatic heterocycles. The summed E-state index contributed by atoms with van der Waals surface area (Å²) in [4.78, 5) is 38.4. The van der Waals surface area contributed by atoms with Gasteiger partial charge in [0.05, 0.1) is 20.8 Å². The monoisotopic (exact) mass is 596 g/mol. The van der Waals surface area contributed by atoms with Crippen LogP contribution < -0.4 is 15.4 Å². The predicted octanol–water partition coefficient (Wildman–Crippen LogP) is 4.98. The number of hydrogen-bond acceptors (Lipinski definition) is 7. The molecule has 44 heavy (non-hydrogen) atoms. The number of methoxy groups -OCH3 is 2. The van der Waals surface area contributed by atoms with E-state index in [4.69, 9.17) is 18.9 Å². The Balaban J connectivity index is 1.57. The summed E-state index contributed by atoms with van der Waals surface area (Å²) in [5, 5.41) is 5.16. The van der Waals surface area contributed by atoms with Crippen LogP contribution in [-0.4, -0.2) is 50.9 Å². The maximum absolute atomic E-state index is 13.1. The molecule has 4 aromatic rings. The predicted molar refractivity (Wildman–Crippen MR) is 165 cm³/mol. The maximum Gasteiger partial charge on any atom is 0.408 e. The third-order valence-electron chi connectivity index (χ3n) is 7.07. The second kappa shape index (κ2) is 15.4. The molecule has 0 aliphatic carbocycles. The van der Waals surface area contributed by atoms with Gasteiger partial charge in [-0.3, -0.25) is 4.79 Å². The van der Waals surface area contributed by atoms with Gasteiger partial charge in [-0.25, -0.2) is 9.59 Å². The molecule has 9 nitrogen and oxygen atoms in total. The van der Waals surface area contributed by atoms with E-state index in [-0.39, 0.29) is 13.2 Å². The van der Waals surface area contributed by atoms with Gasteiger partial charge in [0.1, 0.15) is 24.0 Å². The first-order valence-electron chi connectivity index (χ1n) is 14.1. The van der Waals surface area contributed by atoms with E-state index in [0.717, 1.165) is 22.3 Å². The molecule has 0 spiro atoms. The average molecular weight is 597 g/mol. The number of alkyl carbamates (subject to hydrolysis) is 1. The Morgan fingerprint density at radius 3 is 1.75 bits per heavy atom. The number of nitrogens with one attached hydrogen (secondary N) is 2. The van der Waals surface area contributed by atoms with Crippen LogP contribution in [0.4, 0.5) is 4.79 Å². The van der Waals surface area contributed by atoms with Crippen LogP contribution in [0.2, 0.25) is 0 Å². The minimum atomic E-state index is -1.19. The Morgan fingerprint density at radius 1 is 0.705 bits per heavy atom. The van der Waals surface area contributed by atoms with Crippen LogP contribution in [0, 0.1) is 0 Å². The average Bonchev–Trinajstić information content (AvgIpc) is 3.08. The van der Waals surface area contributed by atoms with E-state index in [1.807, 2.05) is 115 Å². The summed E-state index contributed by atoms with van der Waals surface area (Å²) in [6.07, 6.45) is -0.769. The molecule has 0 radical (unpaired) electrons. The van der Waals surface area contributed by atoms with Gasteiger partial charge in [-0.15, -0.1) is 0 Å². The summed E-state index contributed by atoms with van der Waals surface area (Å²) in [5.74, 6) is -0.649. The highest BCUT2D eigenvalue weighted by Gasteiger charge is 2.39. The lowest BCUT2D eigenvalue weighted by molar-refractivity contribution is -0.148. The van der Waals surface area contributed by atoms with Gasteiger partial charge < -0.3 is 29.6 Å². The third kappa shape index (κ3) is 7.81. The molecule has 4 aromatic carbocycles. The van der Waals surface area contributed by atoms with Crippen LogP contribution >= 0.6 is 0 Å². The number of ether oxygens (including phenoxy) is 4. The fraction of sp³-hybridized carbons (Fsp3) is 0.229. The molecular formula is C35H36N2O7. The maximum atomic E-state index is 13.1. The zero-order chi connectivity index (χ0) is 31.4. The SMILES string of the molecule is COC(=O)[C@@H](COC(c1ccccc1)(c1ccccc1)c1ccc(OC)cc1)NC(=O)[C@@H](C)NC(=O)OCc1ccccc1. The number of rotatable bonds is 13. The molecule has 4 rings (SSSR count). The van der Waals surface area contributed by atoms with Gasteiger partial charge in [0.15, 0.2) is 6.04 Å². The second-order valence-electron chi connectivity index (χ2n) is 9.96. The van der Waals surface area contributed by atoms with Gasteiger partial charge in [0.25, 0.3) is 0 Å². The number of hydrogen-bond donors (Lipinski definition) is 2. The van der Waals surface area contributed by atoms with Crippen molar-refractivity contribution in [3.05, 3.63) is 138 Å². The van der Waals surface area contributed by atoms with E-state index < -0.39 is 35.7 Å². The van der Waals surface area contributed by atoms with Crippen LogP contribution in [0.1, 0.15) is 29.2 Å². The van der Waals surface area contributed by atoms with E-state index in [1.165, 1.54) is 14.0 Å². The first-order valence-corrected chi connectivity index (χ1v) is 14.1. The molecule has 0 aliphatic rings. The number of carbonyl (C=O) groups is 3. The molecule has 2 atom stereocenters. The third-order valence-corrected chi connectivity index (χ3v) is 7.07. The lowest BCUT2D eigenvalue weighted by Gasteiger charge is -2.37. The van der Waals surface area contributed by atoms with Crippen molar-refractivity contribution in [1.82, 2.24) is 10.6 Å². The molecule has 0 unspecified atom stereocenters. The molecule has 228 valence electrons. The zero-order valence-electron chi connectivity index (χ0n) is 24.9. The first-order chi connectivity index (χ1) is 21.4. The Labute approximate surface area is 257 Å². The van der Waals surface area contributed by atoms with Gasteiger partial charge in [-0.2, -0.15) is 0 Å². The molecule has 0 saturated carbocycles. The Kier molecular flexibility index (Phi) is 11.1. The highest BCUT2D eigenvalue weighted by molar-refractivity contribution is 5.89.